The summed E-state index contributed by atoms with van der Waals surface area (Å²) in [5.74, 6) is 0.211. The number of fused-ring (bicyclic) bond motifs is 1. The number of ketones is 1. The zero-order valence-corrected chi connectivity index (χ0v) is 7.66. The SMILES string of the molecule is CC(N)C1Cc2ccccc2C1=O. The Morgan fingerprint density at radius 1 is 1.46 bits per heavy atom. The Bertz CT molecular complexity index is 344. The van der Waals surface area contributed by atoms with Crippen molar-refractivity contribution in [3.63, 3.8) is 0 Å². The van der Waals surface area contributed by atoms with Crippen molar-refractivity contribution in [3.8, 4) is 0 Å². The number of carbonyl (C=O) groups excluding carboxylic acids is 1. The zero-order valence-electron chi connectivity index (χ0n) is 7.66. The van der Waals surface area contributed by atoms with Gasteiger partial charge in [-0.25, -0.2) is 0 Å². The van der Waals surface area contributed by atoms with Crippen LogP contribution in [-0.2, 0) is 6.42 Å². The van der Waals surface area contributed by atoms with E-state index in [1.807, 2.05) is 31.2 Å². The average Bonchev–Trinajstić information content (AvgIpc) is 2.45. The summed E-state index contributed by atoms with van der Waals surface area (Å²) in [6.45, 7) is 1.90. The van der Waals surface area contributed by atoms with E-state index in [0.29, 0.717) is 0 Å². The molecule has 0 fully saturated rings. The van der Waals surface area contributed by atoms with E-state index in [1.165, 1.54) is 0 Å². The fraction of sp³-hybridized carbons (Fsp3) is 0.364. The number of nitrogens with two attached hydrogens (primary N) is 1. The summed E-state index contributed by atoms with van der Waals surface area (Å²) in [6, 6.07) is 7.73. The van der Waals surface area contributed by atoms with Crippen molar-refractivity contribution in [3.05, 3.63) is 35.4 Å². The van der Waals surface area contributed by atoms with Crippen molar-refractivity contribution in [2.75, 3.05) is 0 Å². The van der Waals surface area contributed by atoms with Gasteiger partial charge in [0.2, 0.25) is 0 Å². The molecule has 68 valence electrons. The molecule has 2 N–H and O–H groups in total. The maximum absolute atomic E-state index is 11.8. The van der Waals surface area contributed by atoms with E-state index in [1.54, 1.807) is 0 Å². The molecule has 0 saturated heterocycles. The van der Waals surface area contributed by atoms with Crippen LogP contribution >= 0.6 is 0 Å². The molecular weight excluding hydrogens is 162 g/mol. The number of benzene rings is 1. The molecule has 1 aromatic rings. The molecule has 1 aromatic carbocycles. The van der Waals surface area contributed by atoms with Crippen LogP contribution in [0.3, 0.4) is 0 Å². The molecule has 0 heterocycles. The lowest BCUT2D eigenvalue weighted by Crippen LogP contribution is -2.30. The number of hydrogen-bond acceptors (Lipinski definition) is 2. The topological polar surface area (TPSA) is 43.1 Å². The van der Waals surface area contributed by atoms with E-state index in [-0.39, 0.29) is 17.7 Å². The molecule has 0 bridgehead atoms. The quantitative estimate of drug-likeness (QED) is 0.700. The molecule has 1 aliphatic rings. The van der Waals surface area contributed by atoms with E-state index >= 15 is 0 Å². The van der Waals surface area contributed by atoms with Crippen LogP contribution in [0.2, 0.25) is 0 Å². The minimum absolute atomic E-state index is 0.00241. The molecule has 0 saturated carbocycles. The Morgan fingerprint density at radius 2 is 2.15 bits per heavy atom. The molecule has 0 aromatic heterocycles. The molecule has 0 aliphatic heterocycles. The van der Waals surface area contributed by atoms with Crippen LogP contribution in [0.1, 0.15) is 22.8 Å². The van der Waals surface area contributed by atoms with E-state index in [2.05, 4.69) is 0 Å². The minimum Gasteiger partial charge on any atom is -0.327 e. The van der Waals surface area contributed by atoms with Gasteiger partial charge in [0.1, 0.15) is 0 Å². The lowest BCUT2D eigenvalue weighted by molar-refractivity contribution is 0.0924. The van der Waals surface area contributed by atoms with Crippen LogP contribution in [0.5, 0.6) is 0 Å². The Kier molecular flexibility index (Phi) is 1.93. The Labute approximate surface area is 77.8 Å². The Hall–Kier alpha value is -1.15. The van der Waals surface area contributed by atoms with E-state index in [4.69, 9.17) is 5.73 Å². The third-order valence-electron chi connectivity index (χ3n) is 2.69. The van der Waals surface area contributed by atoms with Gasteiger partial charge in [0.15, 0.2) is 5.78 Å². The van der Waals surface area contributed by atoms with Gasteiger partial charge in [-0.1, -0.05) is 24.3 Å². The minimum atomic E-state index is -0.0418. The Morgan fingerprint density at radius 3 is 2.77 bits per heavy atom. The van der Waals surface area contributed by atoms with Gasteiger partial charge in [0.25, 0.3) is 0 Å². The number of rotatable bonds is 1. The van der Waals surface area contributed by atoms with Crippen molar-refractivity contribution in [1.82, 2.24) is 0 Å². The molecule has 2 atom stereocenters. The first-order chi connectivity index (χ1) is 6.20. The second-order valence-electron chi connectivity index (χ2n) is 3.69. The first kappa shape index (κ1) is 8.45. The third-order valence-corrected chi connectivity index (χ3v) is 2.69. The van der Waals surface area contributed by atoms with Crippen molar-refractivity contribution >= 4 is 5.78 Å². The second kappa shape index (κ2) is 2.96. The van der Waals surface area contributed by atoms with Crippen LogP contribution in [0.25, 0.3) is 0 Å². The molecule has 2 rings (SSSR count). The van der Waals surface area contributed by atoms with Gasteiger partial charge < -0.3 is 5.73 Å². The number of carbonyl (C=O) groups is 1. The second-order valence-corrected chi connectivity index (χ2v) is 3.69. The van der Waals surface area contributed by atoms with Gasteiger partial charge in [0.05, 0.1) is 0 Å². The molecule has 13 heavy (non-hydrogen) atoms. The fourth-order valence-electron chi connectivity index (χ4n) is 1.89. The van der Waals surface area contributed by atoms with E-state index < -0.39 is 0 Å². The van der Waals surface area contributed by atoms with Gasteiger partial charge in [-0.05, 0) is 18.9 Å². The zero-order chi connectivity index (χ0) is 9.42. The molecule has 0 amide bonds. The first-order valence-electron chi connectivity index (χ1n) is 4.58. The summed E-state index contributed by atoms with van der Waals surface area (Å²) in [4.78, 5) is 11.8. The molecule has 0 radical (unpaired) electrons. The van der Waals surface area contributed by atoms with Crippen molar-refractivity contribution in [1.29, 1.82) is 0 Å². The average molecular weight is 175 g/mol. The smallest absolute Gasteiger partial charge is 0.168 e. The predicted molar refractivity (Wildman–Crippen MR) is 51.6 cm³/mol. The highest BCUT2D eigenvalue weighted by molar-refractivity contribution is 6.02. The highest BCUT2D eigenvalue weighted by atomic mass is 16.1. The maximum atomic E-state index is 11.8. The standard InChI is InChI=1S/C11H13NO/c1-7(12)10-6-8-4-2-3-5-9(8)11(10)13/h2-5,7,10H,6,12H2,1H3. The van der Waals surface area contributed by atoms with Crippen molar-refractivity contribution in [2.24, 2.45) is 11.7 Å². The molecule has 0 spiro atoms. The summed E-state index contributed by atoms with van der Waals surface area (Å²) in [5, 5.41) is 0. The summed E-state index contributed by atoms with van der Waals surface area (Å²) in [7, 11) is 0. The van der Waals surface area contributed by atoms with Gasteiger partial charge in [-0.3, -0.25) is 4.79 Å². The molecule has 2 heteroatoms. The van der Waals surface area contributed by atoms with Crippen LogP contribution in [-0.4, -0.2) is 11.8 Å². The third kappa shape index (κ3) is 1.27. The maximum Gasteiger partial charge on any atom is 0.168 e. The Balaban J connectivity index is 2.38. The predicted octanol–water partition coefficient (Wildman–Crippen LogP) is 1.39. The van der Waals surface area contributed by atoms with Crippen molar-refractivity contribution < 1.29 is 4.79 Å². The normalized spacial score (nSPS) is 22.9. The number of hydrogen-bond donors (Lipinski definition) is 1. The summed E-state index contributed by atoms with van der Waals surface area (Å²) in [5.41, 5.74) is 7.76. The van der Waals surface area contributed by atoms with Gasteiger partial charge >= 0.3 is 0 Å². The van der Waals surface area contributed by atoms with E-state index in [9.17, 15) is 4.79 Å². The first-order valence-corrected chi connectivity index (χ1v) is 4.58. The molecule has 2 unspecified atom stereocenters. The molecule has 2 nitrogen and oxygen atoms in total. The van der Waals surface area contributed by atoms with Gasteiger partial charge in [-0.15, -0.1) is 0 Å². The van der Waals surface area contributed by atoms with E-state index in [0.717, 1.165) is 17.5 Å². The fourth-order valence-corrected chi connectivity index (χ4v) is 1.89. The summed E-state index contributed by atoms with van der Waals surface area (Å²) >= 11 is 0. The summed E-state index contributed by atoms with van der Waals surface area (Å²) < 4.78 is 0. The number of Topliss-reactive ketones (excluding diaryl/α,β-unsaturated/α-hetero) is 1. The lowest BCUT2D eigenvalue weighted by Gasteiger charge is -2.10. The highest BCUT2D eigenvalue weighted by Crippen LogP contribution is 2.27. The van der Waals surface area contributed by atoms with Crippen LogP contribution in [0.4, 0.5) is 0 Å². The van der Waals surface area contributed by atoms with Crippen LogP contribution in [0.15, 0.2) is 24.3 Å². The van der Waals surface area contributed by atoms with Gasteiger partial charge in [0, 0.05) is 17.5 Å². The summed E-state index contributed by atoms with van der Waals surface area (Å²) in [6.07, 6.45) is 0.812. The highest BCUT2D eigenvalue weighted by Gasteiger charge is 2.32. The monoisotopic (exact) mass is 175 g/mol. The molecular formula is C11H13NO. The molecule has 1 aliphatic carbocycles. The van der Waals surface area contributed by atoms with Crippen LogP contribution < -0.4 is 5.73 Å². The largest absolute Gasteiger partial charge is 0.327 e. The van der Waals surface area contributed by atoms with Gasteiger partial charge in [-0.2, -0.15) is 0 Å². The van der Waals surface area contributed by atoms with Crippen molar-refractivity contribution in [2.45, 2.75) is 19.4 Å². The van der Waals surface area contributed by atoms with Crippen LogP contribution in [0, 0.1) is 5.92 Å². The lowest BCUT2D eigenvalue weighted by atomic mass is 9.98.